The van der Waals surface area contributed by atoms with E-state index < -0.39 is 0 Å². The van der Waals surface area contributed by atoms with E-state index in [9.17, 15) is 5.11 Å². The molecule has 0 bridgehead atoms. The maximum atomic E-state index is 10.6. The summed E-state index contributed by atoms with van der Waals surface area (Å²) in [4.78, 5) is 3.97. The summed E-state index contributed by atoms with van der Waals surface area (Å²) in [7, 11) is 0. The summed E-state index contributed by atoms with van der Waals surface area (Å²) in [5, 5.41) is 12.8. The van der Waals surface area contributed by atoms with Gasteiger partial charge in [0.25, 0.3) is 0 Å². The number of likely N-dealkylation sites (tertiary alicyclic amines) is 1. The number of nitrogens with zero attached hydrogens (tertiary/aromatic N) is 1. The second kappa shape index (κ2) is 4.71. The maximum Gasteiger partial charge on any atom is 0.0700 e. The Morgan fingerprint density at radius 1 is 1.41 bits per heavy atom. The van der Waals surface area contributed by atoms with Gasteiger partial charge in [0, 0.05) is 30.4 Å². The van der Waals surface area contributed by atoms with Gasteiger partial charge in [-0.05, 0) is 30.7 Å². The number of rotatable bonds is 2. The molecule has 2 fully saturated rings. The van der Waals surface area contributed by atoms with Gasteiger partial charge in [-0.3, -0.25) is 4.90 Å². The highest BCUT2D eigenvalue weighted by Gasteiger charge is 2.42. The largest absolute Gasteiger partial charge is 0.390 e. The molecule has 1 aliphatic heterocycles. The summed E-state index contributed by atoms with van der Waals surface area (Å²) in [6, 6.07) is 4.34. The lowest BCUT2D eigenvalue weighted by molar-refractivity contribution is -0.0966. The van der Waals surface area contributed by atoms with E-state index in [2.05, 4.69) is 22.4 Å². The number of thiophene rings is 1. The first-order valence-corrected chi connectivity index (χ1v) is 7.61. The van der Waals surface area contributed by atoms with Crippen LogP contribution in [0.5, 0.6) is 0 Å². The Balaban J connectivity index is 1.63. The van der Waals surface area contributed by atoms with Gasteiger partial charge in [-0.25, -0.2) is 0 Å². The van der Waals surface area contributed by atoms with Crippen molar-refractivity contribution in [3.8, 4) is 0 Å². The van der Waals surface area contributed by atoms with E-state index in [1.54, 1.807) is 0 Å². The first kappa shape index (κ1) is 11.7. The third kappa shape index (κ3) is 2.42. The molecule has 0 amide bonds. The molecule has 94 valence electrons. The van der Waals surface area contributed by atoms with Crippen molar-refractivity contribution in [2.24, 2.45) is 5.92 Å². The topological polar surface area (TPSA) is 23.5 Å². The molecule has 2 heterocycles. The highest BCUT2D eigenvalue weighted by molar-refractivity contribution is 7.09. The Morgan fingerprint density at radius 3 is 3.18 bits per heavy atom. The molecule has 2 unspecified atom stereocenters. The Labute approximate surface area is 107 Å². The van der Waals surface area contributed by atoms with E-state index in [1.165, 1.54) is 24.1 Å². The Hall–Kier alpha value is -0.380. The van der Waals surface area contributed by atoms with Crippen molar-refractivity contribution in [1.29, 1.82) is 0 Å². The average Bonchev–Trinajstić information content (AvgIpc) is 2.82. The molecule has 0 radical (unpaired) electrons. The molecular weight excluding hydrogens is 230 g/mol. The van der Waals surface area contributed by atoms with Gasteiger partial charge in [0.2, 0.25) is 0 Å². The van der Waals surface area contributed by atoms with E-state index in [1.807, 2.05) is 11.3 Å². The van der Waals surface area contributed by atoms with Crippen LogP contribution in [0.2, 0.25) is 0 Å². The molecule has 17 heavy (non-hydrogen) atoms. The normalized spacial score (nSPS) is 34.5. The molecule has 3 heteroatoms. The van der Waals surface area contributed by atoms with Crippen molar-refractivity contribution in [1.82, 2.24) is 4.90 Å². The van der Waals surface area contributed by atoms with E-state index in [0.717, 1.165) is 32.5 Å². The molecule has 1 saturated carbocycles. The summed E-state index contributed by atoms with van der Waals surface area (Å²) in [5.74, 6) is 0.518. The van der Waals surface area contributed by atoms with Crippen LogP contribution in [0.4, 0.5) is 0 Å². The minimum Gasteiger partial charge on any atom is -0.390 e. The molecule has 2 atom stereocenters. The summed E-state index contributed by atoms with van der Waals surface area (Å²) in [6.45, 7) is 3.23. The number of fused-ring (bicyclic) bond motifs is 1. The van der Waals surface area contributed by atoms with Gasteiger partial charge >= 0.3 is 0 Å². The van der Waals surface area contributed by atoms with Crippen LogP contribution in [0.25, 0.3) is 0 Å². The molecule has 3 rings (SSSR count). The zero-order chi connectivity index (χ0) is 11.7. The summed E-state index contributed by atoms with van der Waals surface area (Å²) in [5.41, 5.74) is -0.329. The zero-order valence-electron chi connectivity index (χ0n) is 10.3. The van der Waals surface area contributed by atoms with Crippen molar-refractivity contribution in [2.45, 2.75) is 44.2 Å². The zero-order valence-corrected chi connectivity index (χ0v) is 11.1. The number of hydrogen-bond acceptors (Lipinski definition) is 3. The number of aliphatic hydroxyl groups is 1. The van der Waals surface area contributed by atoms with Gasteiger partial charge < -0.3 is 5.11 Å². The van der Waals surface area contributed by atoms with Crippen LogP contribution in [0, 0.1) is 5.92 Å². The lowest BCUT2D eigenvalue weighted by Crippen LogP contribution is -2.52. The molecule has 2 aliphatic rings. The van der Waals surface area contributed by atoms with E-state index in [-0.39, 0.29) is 5.60 Å². The number of hydrogen-bond donors (Lipinski definition) is 1. The van der Waals surface area contributed by atoms with Gasteiger partial charge in [-0.1, -0.05) is 18.9 Å². The Morgan fingerprint density at radius 2 is 2.35 bits per heavy atom. The SMILES string of the molecule is OC12CCCCC1CN(Cc1cccs1)CC2. The monoisotopic (exact) mass is 251 g/mol. The lowest BCUT2D eigenvalue weighted by atomic mass is 9.71. The quantitative estimate of drug-likeness (QED) is 0.873. The molecule has 0 aromatic carbocycles. The standard InChI is InChI=1S/C14H21NOS/c16-14-6-2-1-4-12(14)10-15(8-7-14)11-13-5-3-9-17-13/h3,5,9,12,16H,1-2,4,6-8,10-11H2. The summed E-state index contributed by atoms with van der Waals surface area (Å²) < 4.78 is 0. The lowest BCUT2D eigenvalue weighted by Gasteiger charge is -2.47. The van der Waals surface area contributed by atoms with Crippen molar-refractivity contribution in [2.75, 3.05) is 13.1 Å². The van der Waals surface area contributed by atoms with Crippen molar-refractivity contribution in [3.05, 3.63) is 22.4 Å². The predicted octanol–water partition coefficient (Wildman–Crippen LogP) is 2.88. The molecule has 1 aromatic rings. The fraction of sp³-hybridized carbons (Fsp3) is 0.714. The minimum atomic E-state index is -0.329. The molecule has 1 saturated heterocycles. The first-order chi connectivity index (χ1) is 8.26. The fourth-order valence-electron chi connectivity index (χ4n) is 3.41. The van der Waals surface area contributed by atoms with Gasteiger partial charge in [-0.2, -0.15) is 0 Å². The van der Waals surface area contributed by atoms with Crippen molar-refractivity contribution in [3.63, 3.8) is 0 Å². The van der Waals surface area contributed by atoms with Gasteiger partial charge in [0.05, 0.1) is 5.60 Å². The van der Waals surface area contributed by atoms with Gasteiger partial charge in [-0.15, -0.1) is 11.3 Å². The van der Waals surface area contributed by atoms with Crippen LogP contribution in [0.1, 0.15) is 37.0 Å². The highest BCUT2D eigenvalue weighted by atomic mass is 32.1. The first-order valence-electron chi connectivity index (χ1n) is 6.73. The van der Waals surface area contributed by atoms with Crippen LogP contribution in [-0.4, -0.2) is 28.7 Å². The van der Waals surface area contributed by atoms with Crippen LogP contribution in [0.15, 0.2) is 17.5 Å². The number of piperidine rings is 1. The fourth-order valence-corrected chi connectivity index (χ4v) is 4.15. The molecular formula is C14H21NOS. The summed E-state index contributed by atoms with van der Waals surface area (Å²) >= 11 is 1.84. The highest BCUT2D eigenvalue weighted by Crippen LogP contribution is 2.40. The van der Waals surface area contributed by atoms with Gasteiger partial charge in [0.1, 0.15) is 0 Å². The van der Waals surface area contributed by atoms with Gasteiger partial charge in [0.15, 0.2) is 0 Å². The average molecular weight is 251 g/mol. The van der Waals surface area contributed by atoms with Crippen molar-refractivity contribution < 1.29 is 5.11 Å². The second-order valence-electron chi connectivity index (χ2n) is 5.61. The Kier molecular flexibility index (Phi) is 3.24. The molecule has 1 N–H and O–H groups in total. The van der Waals surface area contributed by atoms with Crippen LogP contribution in [0.3, 0.4) is 0 Å². The third-order valence-corrected chi connectivity index (χ3v) is 5.33. The van der Waals surface area contributed by atoms with E-state index >= 15 is 0 Å². The molecule has 2 nitrogen and oxygen atoms in total. The summed E-state index contributed by atoms with van der Waals surface area (Å²) in [6.07, 6.45) is 5.75. The molecule has 0 spiro atoms. The smallest absolute Gasteiger partial charge is 0.0700 e. The van der Waals surface area contributed by atoms with Crippen LogP contribution < -0.4 is 0 Å². The van der Waals surface area contributed by atoms with Crippen molar-refractivity contribution >= 4 is 11.3 Å². The molecule has 1 aromatic heterocycles. The van der Waals surface area contributed by atoms with E-state index in [0.29, 0.717) is 5.92 Å². The van der Waals surface area contributed by atoms with Crippen LogP contribution in [-0.2, 0) is 6.54 Å². The predicted molar refractivity (Wildman–Crippen MR) is 71.1 cm³/mol. The second-order valence-corrected chi connectivity index (χ2v) is 6.64. The van der Waals surface area contributed by atoms with Crippen LogP contribution >= 0.6 is 11.3 Å². The minimum absolute atomic E-state index is 0.329. The maximum absolute atomic E-state index is 10.6. The third-order valence-electron chi connectivity index (χ3n) is 4.47. The van der Waals surface area contributed by atoms with E-state index in [4.69, 9.17) is 0 Å². The Bertz CT molecular complexity index is 364. The molecule has 1 aliphatic carbocycles.